The van der Waals surface area contributed by atoms with Gasteiger partial charge in [-0.05, 0) is 30.4 Å². The van der Waals surface area contributed by atoms with Crippen molar-refractivity contribution in [3.63, 3.8) is 0 Å². The average molecular weight is 358 g/mol. The van der Waals surface area contributed by atoms with Crippen LogP contribution in [0.3, 0.4) is 0 Å². The highest BCUT2D eigenvalue weighted by molar-refractivity contribution is 5.86. The van der Waals surface area contributed by atoms with Gasteiger partial charge in [-0.1, -0.05) is 25.1 Å². The van der Waals surface area contributed by atoms with Gasteiger partial charge in [0.15, 0.2) is 5.96 Å². The summed E-state index contributed by atoms with van der Waals surface area (Å²) in [7, 11) is 0. The first-order valence-corrected chi connectivity index (χ1v) is 9.69. The van der Waals surface area contributed by atoms with Crippen LogP contribution >= 0.6 is 0 Å². The van der Waals surface area contributed by atoms with Crippen molar-refractivity contribution in [2.24, 2.45) is 10.7 Å². The second-order valence-corrected chi connectivity index (χ2v) is 6.76. The van der Waals surface area contributed by atoms with Crippen molar-refractivity contribution in [1.29, 1.82) is 0 Å². The summed E-state index contributed by atoms with van der Waals surface area (Å²) in [4.78, 5) is 10.3. The van der Waals surface area contributed by atoms with Crippen LogP contribution in [0.4, 0.5) is 0 Å². The van der Waals surface area contributed by atoms with Gasteiger partial charge >= 0.3 is 0 Å². The summed E-state index contributed by atoms with van der Waals surface area (Å²) in [5.41, 5.74) is 9.93. The van der Waals surface area contributed by atoms with Gasteiger partial charge < -0.3 is 20.8 Å². The number of nitrogens with one attached hydrogen (secondary N) is 2. The number of aryl methyl sites for hydroxylation is 1. The number of guanidine groups is 1. The first kappa shape index (κ1) is 18.7. The van der Waals surface area contributed by atoms with Gasteiger partial charge in [-0.25, -0.2) is 0 Å². The second-order valence-electron chi connectivity index (χ2n) is 6.76. The molecule has 0 saturated carbocycles. The number of aromatic amines is 1. The van der Waals surface area contributed by atoms with Gasteiger partial charge in [0.2, 0.25) is 0 Å². The Bertz CT molecular complexity index is 718. The van der Waals surface area contributed by atoms with Gasteiger partial charge in [0.25, 0.3) is 0 Å². The van der Waals surface area contributed by atoms with Crippen LogP contribution in [-0.2, 0) is 17.6 Å². The van der Waals surface area contributed by atoms with Crippen molar-refractivity contribution >= 4 is 16.9 Å². The maximum absolute atomic E-state index is 5.99. The molecular formula is C20H31N5O. The predicted molar refractivity (Wildman–Crippen MR) is 108 cm³/mol. The fourth-order valence-electron chi connectivity index (χ4n) is 3.48. The Morgan fingerprint density at radius 2 is 2.15 bits per heavy atom. The van der Waals surface area contributed by atoms with Crippen LogP contribution in [0.15, 0.2) is 29.4 Å². The van der Waals surface area contributed by atoms with E-state index < -0.39 is 0 Å². The van der Waals surface area contributed by atoms with Crippen molar-refractivity contribution in [2.75, 3.05) is 45.9 Å². The van der Waals surface area contributed by atoms with E-state index in [-0.39, 0.29) is 0 Å². The molecule has 0 amide bonds. The van der Waals surface area contributed by atoms with Crippen molar-refractivity contribution in [3.05, 3.63) is 35.5 Å². The SMILES string of the molecule is CCc1cccc2c(CCNC(N)=NCCCN3CCOCC3)c[nH]c12. The summed E-state index contributed by atoms with van der Waals surface area (Å²) in [6.45, 7) is 8.57. The van der Waals surface area contributed by atoms with Crippen LogP contribution in [0, 0.1) is 0 Å². The largest absolute Gasteiger partial charge is 0.379 e. The third-order valence-corrected chi connectivity index (χ3v) is 4.99. The number of fused-ring (bicyclic) bond motifs is 1. The van der Waals surface area contributed by atoms with Gasteiger partial charge in [0.1, 0.15) is 0 Å². The number of nitrogens with two attached hydrogens (primary N) is 1. The highest BCUT2D eigenvalue weighted by atomic mass is 16.5. The molecule has 0 aliphatic carbocycles. The molecule has 2 heterocycles. The molecule has 0 unspecified atom stereocenters. The summed E-state index contributed by atoms with van der Waals surface area (Å²) in [6.07, 6.45) is 5.11. The lowest BCUT2D eigenvalue weighted by Crippen LogP contribution is -2.37. The Hall–Kier alpha value is -2.05. The molecule has 1 aliphatic rings. The van der Waals surface area contributed by atoms with E-state index >= 15 is 0 Å². The fraction of sp³-hybridized carbons (Fsp3) is 0.550. The van der Waals surface area contributed by atoms with Crippen molar-refractivity contribution in [1.82, 2.24) is 15.2 Å². The lowest BCUT2D eigenvalue weighted by atomic mass is 10.1. The van der Waals surface area contributed by atoms with Crippen molar-refractivity contribution in [2.45, 2.75) is 26.2 Å². The third kappa shape index (κ3) is 4.99. The van der Waals surface area contributed by atoms with E-state index in [1.807, 2.05) is 0 Å². The number of H-pyrrole nitrogens is 1. The Kier molecular flexibility index (Phi) is 6.91. The molecule has 0 bridgehead atoms. The predicted octanol–water partition coefficient (Wildman–Crippen LogP) is 1.90. The number of hydrogen-bond acceptors (Lipinski definition) is 3. The Morgan fingerprint density at radius 3 is 2.96 bits per heavy atom. The summed E-state index contributed by atoms with van der Waals surface area (Å²) in [6, 6.07) is 6.50. The van der Waals surface area contributed by atoms with E-state index in [1.165, 1.54) is 22.0 Å². The zero-order valence-electron chi connectivity index (χ0n) is 15.8. The third-order valence-electron chi connectivity index (χ3n) is 4.99. The summed E-state index contributed by atoms with van der Waals surface area (Å²) < 4.78 is 5.36. The van der Waals surface area contributed by atoms with E-state index in [4.69, 9.17) is 10.5 Å². The minimum absolute atomic E-state index is 0.543. The number of aliphatic imine (C=N–C) groups is 1. The molecule has 0 spiro atoms. The lowest BCUT2D eigenvalue weighted by Gasteiger charge is -2.26. The maximum atomic E-state index is 5.99. The zero-order chi connectivity index (χ0) is 18.2. The van der Waals surface area contributed by atoms with Gasteiger partial charge in [0, 0.05) is 49.8 Å². The van der Waals surface area contributed by atoms with Gasteiger partial charge in [0.05, 0.1) is 13.2 Å². The van der Waals surface area contributed by atoms with Crippen LogP contribution in [-0.4, -0.2) is 61.8 Å². The smallest absolute Gasteiger partial charge is 0.188 e. The average Bonchev–Trinajstić information content (AvgIpc) is 3.09. The van der Waals surface area contributed by atoms with Crippen LogP contribution in [0.5, 0.6) is 0 Å². The Labute approximate surface area is 155 Å². The number of morpholine rings is 1. The number of rotatable bonds is 8. The van der Waals surface area contributed by atoms with E-state index in [1.54, 1.807) is 0 Å². The van der Waals surface area contributed by atoms with E-state index in [9.17, 15) is 0 Å². The molecule has 1 aliphatic heterocycles. The summed E-state index contributed by atoms with van der Waals surface area (Å²) >= 11 is 0. The minimum atomic E-state index is 0.543. The van der Waals surface area contributed by atoms with Gasteiger partial charge in [-0.3, -0.25) is 9.89 Å². The first-order valence-electron chi connectivity index (χ1n) is 9.69. The number of ether oxygens (including phenoxy) is 1. The Morgan fingerprint density at radius 1 is 1.31 bits per heavy atom. The zero-order valence-corrected chi connectivity index (χ0v) is 15.8. The molecular weight excluding hydrogens is 326 g/mol. The monoisotopic (exact) mass is 357 g/mol. The molecule has 2 aromatic rings. The molecule has 1 fully saturated rings. The lowest BCUT2D eigenvalue weighted by molar-refractivity contribution is 0.0377. The summed E-state index contributed by atoms with van der Waals surface area (Å²) in [5.74, 6) is 0.543. The standard InChI is InChI=1S/C20H31N5O/c1-2-16-5-3-6-18-17(15-24-19(16)18)7-9-23-20(21)22-8-4-10-25-11-13-26-14-12-25/h3,5-6,15,24H,2,4,7-14H2,1H3,(H3,21,22,23). The number of para-hydroxylation sites is 1. The molecule has 0 atom stereocenters. The molecule has 3 rings (SSSR count). The number of hydrogen-bond donors (Lipinski definition) is 3. The maximum Gasteiger partial charge on any atom is 0.188 e. The molecule has 1 aromatic heterocycles. The number of nitrogens with zero attached hydrogens (tertiary/aromatic N) is 2. The fourth-order valence-corrected chi connectivity index (χ4v) is 3.48. The highest BCUT2D eigenvalue weighted by Crippen LogP contribution is 2.22. The molecule has 6 nitrogen and oxygen atoms in total. The van der Waals surface area contributed by atoms with Gasteiger partial charge in [-0.2, -0.15) is 0 Å². The van der Waals surface area contributed by atoms with Crippen LogP contribution in [0.25, 0.3) is 10.9 Å². The van der Waals surface area contributed by atoms with E-state index in [0.29, 0.717) is 5.96 Å². The van der Waals surface area contributed by atoms with Gasteiger partial charge in [-0.15, -0.1) is 0 Å². The van der Waals surface area contributed by atoms with Crippen LogP contribution in [0.2, 0.25) is 0 Å². The number of aromatic nitrogens is 1. The number of benzene rings is 1. The first-order chi connectivity index (χ1) is 12.8. The molecule has 6 heteroatoms. The molecule has 26 heavy (non-hydrogen) atoms. The summed E-state index contributed by atoms with van der Waals surface area (Å²) in [5, 5.41) is 4.55. The van der Waals surface area contributed by atoms with Crippen LogP contribution in [0.1, 0.15) is 24.5 Å². The normalized spacial score (nSPS) is 16.3. The van der Waals surface area contributed by atoms with Crippen molar-refractivity contribution < 1.29 is 4.74 Å². The van der Waals surface area contributed by atoms with Crippen LogP contribution < -0.4 is 11.1 Å². The molecule has 4 N–H and O–H groups in total. The molecule has 0 radical (unpaired) electrons. The quantitative estimate of drug-likeness (QED) is 0.383. The van der Waals surface area contributed by atoms with E-state index in [0.717, 1.165) is 65.2 Å². The minimum Gasteiger partial charge on any atom is -0.379 e. The topological polar surface area (TPSA) is 78.7 Å². The van der Waals surface area contributed by atoms with E-state index in [2.05, 4.69) is 51.5 Å². The highest BCUT2D eigenvalue weighted by Gasteiger charge is 2.09. The Balaban J connectivity index is 1.40. The molecule has 142 valence electrons. The second kappa shape index (κ2) is 9.59. The molecule has 1 saturated heterocycles. The van der Waals surface area contributed by atoms with Crippen molar-refractivity contribution in [3.8, 4) is 0 Å². The molecule has 1 aromatic carbocycles.